The Kier molecular flexibility index (Phi) is 14.4. The van der Waals surface area contributed by atoms with Gasteiger partial charge in [-0.15, -0.1) is 0 Å². The van der Waals surface area contributed by atoms with Crippen LogP contribution in [-0.2, 0) is 44.1 Å². The minimum atomic E-state index is -1.55. The third-order valence-corrected chi connectivity index (χ3v) is 12.4. The number of amides is 12. The van der Waals surface area contributed by atoms with E-state index in [1.54, 1.807) is 18.2 Å². The van der Waals surface area contributed by atoms with Gasteiger partial charge in [0.05, 0.1) is 24.7 Å². The number of hydrogen-bond donors (Lipinski definition) is 8. The van der Waals surface area contributed by atoms with Crippen LogP contribution in [-0.4, -0.2) is 83.0 Å². The number of hydrogen-bond acceptors (Lipinski definition) is 11. The number of nitrogens with one attached hydrogen (secondary N) is 6. The van der Waals surface area contributed by atoms with Gasteiger partial charge in [0.1, 0.15) is 17.5 Å². The number of imide groups is 3. The number of fused-ring (bicyclic) bond motifs is 2. The zero-order valence-electron chi connectivity index (χ0n) is 38.7. The van der Waals surface area contributed by atoms with Crippen molar-refractivity contribution in [3.63, 3.8) is 0 Å². The van der Waals surface area contributed by atoms with Crippen molar-refractivity contribution < 1.29 is 59.3 Å². The molecule has 5 heterocycles. The fourth-order valence-corrected chi connectivity index (χ4v) is 8.77. The van der Waals surface area contributed by atoms with Gasteiger partial charge >= 0.3 is 18.1 Å². The van der Waals surface area contributed by atoms with Crippen LogP contribution in [0.4, 0.5) is 27.6 Å². The van der Waals surface area contributed by atoms with E-state index in [2.05, 4.69) is 31.9 Å². The van der Waals surface area contributed by atoms with Crippen molar-refractivity contribution in [2.45, 2.75) is 44.6 Å². The SMILES string of the molecule is C.C.N#Cc1ccc2c(c1)CN(CC1(c3ccc(F)cc3)NC(=O)NC1=O)C2=O.NC(=O)c1ccc2c(c1)CN(CC1(c3ccc(F)cc3)NC(=O)NC1=O)C2=O.NCC1(c2ccc(F)cc2)NC(=O)NC1=O.[2H][2H]. The normalized spacial score (nSPS) is 21.1. The van der Waals surface area contributed by atoms with E-state index in [1.165, 1.54) is 101 Å². The second-order valence-corrected chi connectivity index (χ2v) is 16.7. The largest absolute Gasteiger partial charge is 0.366 e. The molecule has 73 heavy (non-hydrogen) atoms. The second kappa shape index (κ2) is 20.5. The predicted molar refractivity (Wildman–Crippen MR) is 254 cm³/mol. The fraction of sp³-hybridized carbons (Fsp3) is 0.200. The Morgan fingerprint density at radius 2 is 0.932 bits per heavy atom. The number of primary amides is 1. The van der Waals surface area contributed by atoms with Crippen LogP contribution in [0.25, 0.3) is 0 Å². The van der Waals surface area contributed by atoms with Crippen LogP contribution in [0.1, 0.15) is 82.3 Å². The molecule has 3 unspecified atom stereocenters. The van der Waals surface area contributed by atoms with Crippen molar-refractivity contribution in [1.29, 1.82) is 5.26 Å². The highest BCUT2D eigenvalue weighted by atomic mass is 19.1. The van der Waals surface area contributed by atoms with Crippen LogP contribution in [0.15, 0.2) is 109 Å². The van der Waals surface area contributed by atoms with Gasteiger partial charge < -0.3 is 37.2 Å². The smallest absolute Gasteiger partial charge is 0.322 e. The maximum atomic E-state index is 13.3. The Balaban J connectivity index is 0.000000209. The monoisotopic (exact) mass is 1010 g/mol. The summed E-state index contributed by atoms with van der Waals surface area (Å²) < 4.78 is 49.4. The van der Waals surface area contributed by atoms with Crippen LogP contribution in [0.5, 0.6) is 0 Å². The zero-order valence-corrected chi connectivity index (χ0v) is 36.7. The van der Waals surface area contributed by atoms with Crippen molar-refractivity contribution in [2.24, 2.45) is 11.5 Å². The van der Waals surface area contributed by atoms with Gasteiger partial charge in [-0.05, 0) is 101 Å². The molecule has 378 valence electrons. The van der Waals surface area contributed by atoms with Gasteiger partial charge in [-0.1, -0.05) is 51.3 Å². The summed E-state index contributed by atoms with van der Waals surface area (Å²) in [5.74, 6) is -4.41. The first-order valence-electron chi connectivity index (χ1n) is 22.2. The molecule has 20 nitrogen and oxygen atoms in total. The van der Waals surface area contributed by atoms with E-state index in [1.807, 2.05) is 6.07 Å². The number of urea groups is 3. The topological polar surface area (TPSA) is 308 Å². The van der Waals surface area contributed by atoms with Crippen molar-refractivity contribution in [1.82, 2.24) is 41.7 Å². The number of nitrogens with zero attached hydrogens (tertiary/aromatic N) is 3. The van der Waals surface area contributed by atoms with Crippen molar-refractivity contribution in [3.8, 4) is 6.07 Å². The Morgan fingerprint density at radius 1 is 0.575 bits per heavy atom. The Morgan fingerprint density at radius 3 is 1.27 bits per heavy atom. The Hall–Kier alpha value is -9.43. The third kappa shape index (κ3) is 9.86. The van der Waals surface area contributed by atoms with Gasteiger partial charge in [0.25, 0.3) is 29.5 Å². The number of halogens is 3. The lowest BCUT2D eigenvalue weighted by Gasteiger charge is -2.31. The molecule has 3 saturated heterocycles. The molecule has 0 radical (unpaired) electrons. The molecule has 5 aliphatic rings. The maximum absolute atomic E-state index is 13.3. The van der Waals surface area contributed by atoms with E-state index >= 15 is 0 Å². The van der Waals surface area contributed by atoms with E-state index in [0.29, 0.717) is 44.5 Å². The first-order valence-corrected chi connectivity index (χ1v) is 21.2. The molecule has 3 atom stereocenters. The van der Waals surface area contributed by atoms with Gasteiger partial charge in [-0.25, -0.2) is 27.6 Å². The van der Waals surface area contributed by atoms with E-state index in [0.717, 1.165) is 0 Å². The van der Waals surface area contributed by atoms with E-state index < -0.39 is 75.8 Å². The standard InChI is InChI=1S/C19H15FN4O4.C19H13FN4O3.C10H10FN3O2.2CH4.H2/c20-13-4-2-12(3-5-13)19(17(27)22-18(28)23-19)9-24-8-11-7-10(15(21)25)1-6-14(11)16(24)26;20-14-4-2-13(3-5-14)19(17(26)22-18(27)23-19)10-24-9-12-7-11(8-21)1-6-15(12)16(24)25;11-7-3-1-6(2-4-7)10(5-12)8(15)13-9(16)14-10;;;/h1-7H,8-9H2,(H2,21,25)(H2,22,23,27,28);1-7H,9-10H2,(H2,22,23,26,27);1-4H,5,12H2,(H2,13,14,15,16);2*1H4;1H/i;;;;;1+1D. The minimum Gasteiger partial charge on any atom is -0.366 e. The van der Waals surface area contributed by atoms with E-state index in [4.69, 9.17) is 19.7 Å². The number of benzene rings is 5. The van der Waals surface area contributed by atoms with Gasteiger partial charge in [-0.2, -0.15) is 5.26 Å². The van der Waals surface area contributed by atoms with Gasteiger partial charge in [0.2, 0.25) is 5.91 Å². The molecular weight excluding hydrogens is 956 g/mol. The van der Waals surface area contributed by atoms with E-state index in [-0.39, 0.29) is 65.0 Å². The highest BCUT2D eigenvalue weighted by Gasteiger charge is 2.52. The van der Waals surface area contributed by atoms with E-state index in [9.17, 15) is 56.3 Å². The summed E-state index contributed by atoms with van der Waals surface area (Å²) in [6.45, 7) is -0.0192. The maximum Gasteiger partial charge on any atom is 0.322 e. The number of nitrogens with two attached hydrogens (primary N) is 2. The molecule has 5 aromatic rings. The predicted octanol–water partition coefficient (Wildman–Crippen LogP) is 3.34. The van der Waals surface area contributed by atoms with Crippen molar-refractivity contribution in [2.75, 3.05) is 19.6 Å². The van der Waals surface area contributed by atoms with Gasteiger partial charge in [-0.3, -0.25) is 44.7 Å². The van der Waals surface area contributed by atoms with Gasteiger partial charge in [0.15, 0.2) is 16.6 Å². The summed E-state index contributed by atoms with van der Waals surface area (Å²) in [4.78, 5) is 111. The first kappa shape index (κ1) is 51.4. The number of nitriles is 1. The third-order valence-electron chi connectivity index (χ3n) is 12.4. The highest BCUT2D eigenvalue weighted by molar-refractivity contribution is 6.10. The van der Waals surface area contributed by atoms with Crippen LogP contribution >= 0.6 is 0 Å². The first-order chi connectivity index (χ1) is 34.8. The molecule has 5 aliphatic heterocycles. The van der Waals surface area contributed by atoms with Crippen LogP contribution in [0.2, 0.25) is 0 Å². The van der Waals surface area contributed by atoms with Crippen molar-refractivity contribution in [3.05, 3.63) is 177 Å². The van der Waals surface area contributed by atoms with Crippen LogP contribution in [0.3, 0.4) is 0 Å². The number of carbonyl (C=O) groups excluding carboxylic acids is 9. The Bertz CT molecular complexity index is 3170. The summed E-state index contributed by atoms with van der Waals surface area (Å²) in [6, 6.07) is 24.9. The van der Waals surface area contributed by atoms with Crippen LogP contribution < -0.4 is 43.4 Å². The molecule has 0 bridgehead atoms. The molecule has 10 rings (SSSR count). The summed E-state index contributed by atoms with van der Waals surface area (Å²) in [5.41, 5.74) is 10.5. The molecule has 10 N–H and O–H groups in total. The van der Waals surface area contributed by atoms with Crippen molar-refractivity contribution >= 4 is 53.5 Å². The molecule has 5 aromatic carbocycles. The lowest BCUT2D eigenvalue weighted by atomic mass is 9.89. The lowest BCUT2D eigenvalue weighted by molar-refractivity contribution is -0.125. The molecule has 0 aliphatic carbocycles. The minimum absolute atomic E-state index is 0. The Labute approximate surface area is 417 Å². The molecule has 0 aromatic heterocycles. The summed E-state index contributed by atoms with van der Waals surface area (Å²) >= 11 is 0. The summed E-state index contributed by atoms with van der Waals surface area (Å²) in [7, 11) is 0. The highest BCUT2D eigenvalue weighted by Crippen LogP contribution is 2.34. The second-order valence-electron chi connectivity index (χ2n) is 16.7. The fourth-order valence-electron chi connectivity index (χ4n) is 8.77. The molecule has 12 amide bonds. The van der Waals surface area contributed by atoms with Gasteiger partial charge in [0, 0.05) is 39.3 Å². The lowest BCUT2D eigenvalue weighted by Crippen LogP contribution is -2.52. The molecular formula is C50H48F3N11O9. The zero-order chi connectivity index (χ0) is 53.0. The molecule has 0 saturated carbocycles. The molecule has 23 heteroatoms. The summed E-state index contributed by atoms with van der Waals surface area (Å²) in [6.07, 6.45) is 0. The quantitative estimate of drug-likeness (QED) is 0.0991. The van der Waals surface area contributed by atoms with Crippen LogP contribution in [0, 0.1) is 28.8 Å². The average molecular weight is 1010 g/mol. The number of carbonyl (C=O) groups is 9. The number of rotatable bonds is 9. The average Bonchev–Trinajstić information content (AvgIpc) is 4.13. The molecule has 3 fully saturated rings. The summed E-state index contributed by atoms with van der Waals surface area (Å²) in [5, 5.41) is 23.1. The molecule has 0 spiro atoms.